The van der Waals surface area contributed by atoms with Crippen molar-refractivity contribution in [3.8, 4) is 11.4 Å². The van der Waals surface area contributed by atoms with E-state index in [9.17, 15) is 4.79 Å². The monoisotopic (exact) mass is 337 g/mol. The van der Waals surface area contributed by atoms with Gasteiger partial charge in [0.1, 0.15) is 6.33 Å². The van der Waals surface area contributed by atoms with E-state index in [0.717, 1.165) is 11.3 Å². The number of aromatic amines is 1. The highest BCUT2D eigenvalue weighted by Gasteiger charge is 2.38. The van der Waals surface area contributed by atoms with E-state index in [1.165, 1.54) is 6.33 Å². The summed E-state index contributed by atoms with van der Waals surface area (Å²) in [6.07, 6.45) is 2.75. The van der Waals surface area contributed by atoms with Crippen LogP contribution in [0, 0.1) is 5.41 Å². The molecule has 1 aliphatic heterocycles. The fourth-order valence-corrected chi connectivity index (χ4v) is 2.64. The lowest BCUT2D eigenvalue weighted by Crippen LogP contribution is -2.46. The van der Waals surface area contributed by atoms with E-state index in [4.69, 9.17) is 10.5 Å². The predicted molar refractivity (Wildman–Crippen MR) is 89.2 cm³/mol. The predicted octanol–water partition coefficient (Wildman–Crippen LogP) is 1.59. The van der Waals surface area contributed by atoms with Crippen LogP contribution in [-0.4, -0.2) is 40.8 Å². The second-order valence-corrected chi connectivity index (χ2v) is 5.47. The quantitative estimate of drug-likeness (QED) is 0.785. The van der Waals surface area contributed by atoms with Crippen molar-refractivity contribution in [1.82, 2.24) is 15.2 Å². The van der Waals surface area contributed by atoms with Gasteiger partial charge in [0.25, 0.3) is 0 Å². The Kier molecular flexibility index (Phi) is 5.70. The molecule has 1 saturated heterocycles. The van der Waals surface area contributed by atoms with Crippen molar-refractivity contribution in [2.75, 3.05) is 25.1 Å². The first-order valence-corrected chi connectivity index (χ1v) is 7.29. The van der Waals surface area contributed by atoms with Crippen LogP contribution in [0.3, 0.4) is 0 Å². The highest BCUT2D eigenvalue weighted by molar-refractivity contribution is 5.96. The largest absolute Gasteiger partial charge is 0.381 e. The van der Waals surface area contributed by atoms with Crippen LogP contribution in [0.5, 0.6) is 0 Å². The Labute approximate surface area is 140 Å². The van der Waals surface area contributed by atoms with Gasteiger partial charge >= 0.3 is 0 Å². The molecule has 8 heteroatoms. The van der Waals surface area contributed by atoms with Gasteiger partial charge in [-0.05, 0) is 25.0 Å². The van der Waals surface area contributed by atoms with Crippen LogP contribution in [-0.2, 0) is 9.53 Å². The van der Waals surface area contributed by atoms with Gasteiger partial charge in [-0.2, -0.15) is 5.10 Å². The third-order valence-electron chi connectivity index (χ3n) is 4.13. The zero-order chi connectivity index (χ0) is 15.4. The maximum absolute atomic E-state index is 12.6. The number of H-pyrrole nitrogens is 1. The molecule has 1 fully saturated rings. The van der Waals surface area contributed by atoms with Gasteiger partial charge < -0.3 is 15.8 Å². The number of rotatable bonds is 4. The van der Waals surface area contributed by atoms with Gasteiger partial charge in [0.05, 0.1) is 5.41 Å². The van der Waals surface area contributed by atoms with Crippen molar-refractivity contribution in [2.24, 2.45) is 11.1 Å². The lowest BCUT2D eigenvalue weighted by molar-refractivity contribution is -0.130. The summed E-state index contributed by atoms with van der Waals surface area (Å²) in [5, 5.41) is 9.61. The highest BCUT2D eigenvalue weighted by Crippen LogP contribution is 2.31. The van der Waals surface area contributed by atoms with Crippen LogP contribution in [0.25, 0.3) is 11.4 Å². The van der Waals surface area contributed by atoms with E-state index in [1.54, 1.807) is 0 Å². The Morgan fingerprint density at radius 2 is 2.17 bits per heavy atom. The molecule has 1 aromatic heterocycles. The molecule has 0 bridgehead atoms. The Morgan fingerprint density at radius 1 is 1.39 bits per heavy atom. The van der Waals surface area contributed by atoms with E-state index in [0.29, 0.717) is 38.4 Å². The molecule has 0 unspecified atom stereocenters. The van der Waals surface area contributed by atoms with Gasteiger partial charge in [0.15, 0.2) is 5.82 Å². The van der Waals surface area contributed by atoms with Gasteiger partial charge in [0.2, 0.25) is 5.91 Å². The van der Waals surface area contributed by atoms with Crippen LogP contribution in [0.1, 0.15) is 12.8 Å². The Bertz CT molecular complexity index is 641. The molecule has 0 spiro atoms. The molecule has 1 aromatic carbocycles. The second-order valence-electron chi connectivity index (χ2n) is 5.47. The van der Waals surface area contributed by atoms with Crippen molar-refractivity contribution in [3.05, 3.63) is 30.6 Å². The summed E-state index contributed by atoms with van der Waals surface area (Å²) in [6.45, 7) is 1.47. The average Bonchev–Trinajstić information content (AvgIpc) is 3.10. The lowest BCUT2D eigenvalue weighted by Gasteiger charge is -2.34. The van der Waals surface area contributed by atoms with Crippen molar-refractivity contribution in [2.45, 2.75) is 12.8 Å². The fraction of sp³-hybridized carbons (Fsp3) is 0.400. The first-order valence-electron chi connectivity index (χ1n) is 7.29. The molecule has 7 nitrogen and oxygen atoms in total. The molecule has 0 saturated carbocycles. The Hall–Kier alpha value is -1.96. The molecule has 4 N–H and O–H groups in total. The van der Waals surface area contributed by atoms with Crippen molar-refractivity contribution < 1.29 is 9.53 Å². The number of halogens is 1. The first kappa shape index (κ1) is 17.4. The van der Waals surface area contributed by atoms with Crippen molar-refractivity contribution >= 4 is 24.0 Å². The maximum Gasteiger partial charge on any atom is 0.232 e. The number of anilines is 1. The summed E-state index contributed by atoms with van der Waals surface area (Å²) in [7, 11) is 0. The summed E-state index contributed by atoms with van der Waals surface area (Å²) >= 11 is 0. The molecule has 23 heavy (non-hydrogen) atoms. The summed E-state index contributed by atoms with van der Waals surface area (Å²) in [6, 6.07) is 7.49. The summed E-state index contributed by atoms with van der Waals surface area (Å²) < 4.78 is 5.34. The van der Waals surface area contributed by atoms with Crippen LogP contribution in [0.15, 0.2) is 30.6 Å². The summed E-state index contributed by atoms with van der Waals surface area (Å²) in [5.74, 6) is 0.615. The van der Waals surface area contributed by atoms with Gasteiger partial charge in [-0.25, -0.2) is 4.98 Å². The minimum atomic E-state index is -0.541. The van der Waals surface area contributed by atoms with Crippen LogP contribution in [0.4, 0.5) is 5.69 Å². The molecule has 0 radical (unpaired) electrons. The molecular weight excluding hydrogens is 318 g/mol. The molecule has 0 atom stereocenters. The Balaban J connectivity index is 0.00000192. The normalized spacial score (nSPS) is 16.4. The molecule has 2 heterocycles. The van der Waals surface area contributed by atoms with E-state index >= 15 is 0 Å². The van der Waals surface area contributed by atoms with Gasteiger partial charge in [0, 0.05) is 31.0 Å². The molecule has 1 aliphatic rings. The zero-order valence-electron chi connectivity index (χ0n) is 12.6. The van der Waals surface area contributed by atoms with E-state index in [1.807, 2.05) is 24.3 Å². The minimum absolute atomic E-state index is 0. The molecule has 2 aromatic rings. The second kappa shape index (κ2) is 7.54. The third-order valence-corrected chi connectivity index (χ3v) is 4.13. The number of hydrogen-bond acceptors (Lipinski definition) is 5. The van der Waals surface area contributed by atoms with Crippen molar-refractivity contribution in [1.29, 1.82) is 0 Å². The van der Waals surface area contributed by atoms with E-state index < -0.39 is 5.41 Å². The summed E-state index contributed by atoms with van der Waals surface area (Å²) in [4.78, 5) is 16.7. The SMILES string of the molecule is Cl.NCC1(C(=O)Nc2cccc(-c3ncn[nH]3)c2)CCOCC1. The zero-order valence-corrected chi connectivity index (χ0v) is 13.4. The van der Waals surface area contributed by atoms with Crippen LogP contribution >= 0.6 is 12.4 Å². The molecular formula is C15H20ClN5O2. The minimum Gasteiger partial charge on any atom is -0.381 e. The summed E-state index contributed by atoms with van der Waals surface area (Å²) in [5.41, 5.74) is 6.90. The maximum atomic E-state index is 12.6. The van der Waals surface area contributed by atoms with Gasteiger partial charge in [-0.1, -0.05) is 12.1 Å². The number of carbonyl (C=O) groups is 1. The van der Waals surface area contributed by atoms with E-state index in [-0.39, 0.29) is 18.3 Å². The topological polar surface area (TPSA) is 106 Å². The van der Waals surface area contributed by atoms with Gasteiger partial charge in [-0.3, -0.25) is 9.89 Å². The van der Waals surface area contributed by atoms with Crippen molar-refractivity contribution in [3.63, 3.8) is 0 Å². The molecule has 3 rings (SSSR count). The van der Waals surface area contributed by atoms with Gasteiger partial charge in [-0.15, -0.1) is 12.4 Å². The number of nitrogens with two attached hydrogens (primary N) is 1. The molecule has 1 amide bonds. The highest BCUT2D eigenvalue weighted by atomic mass is 35.5. The number of hydrogen-bond donors (Lipinski definition) is 3. The molecule has 0 aliphatic carbocycles. The number of nitrogens with zero attached hydrogens (tertiary/aromatic N) is 2. The molecule has 124 valence electrons. The van der Waals surface area contributed by atoms with Crippen LogP contribution in [0.2, 0.25) is 0 Å². The number of carbonyl (C=O) groups excluding carboxylic acids is 1. The number of ether oxygens (including phenoxy) is 1. The third kappa shape index (κ3) is 3.69. The first-order chi connectivity index (χ1) is 10.7. The number of amides is 1. The number of nitrogens with one attached hydrogen (secondary N) is 2. The fourth-order valence-electron chi connectivity index (χ4n) is 2.64. The number of benzene rings is 1. The number of aromatic nitrogens is 3. The van der Waals surface area contributed by atoms with Crippen LogP contribution < -0.4 is 11.1 Å². The standard InChI is InChI=1S/C15H19N5O2.ClH/c16-9-15(4-6-22-7-5-15)14(21)19-12-3-1-2-11(8-12)13-17-10-18-20-13;/h1-3,8,10H,4-7,9,16H2,(H,19,21)(H,17,18,20);1H. The average molecular weight is 338 g/mol. The Morgan fingerprint density at radius 3 is 2.83 bits per heavy atom. The smallest absolute Gasteiger partial charge is 0.232 e. The lowest BCUT2D eigenvalue weighted by atomic mass is 9.79. The van der Waals surface area contributed by atoms with E-state index in [2.05, 4.69) is 20.5 Å².